The first kappa shape index (κ1) is 13.7. The molecule has 0 aliphatic carbocycles. The van der Waals surface area contributed by atoms with Crippen LogP contribution in [0.2, 0.25) is 0 Å². The minimum atomic E-state index is -0.296. The summed E-state index contributed by atoms with van der Waals surface area (Å²) < 4.78 is 24.2. The third-order valence-electron chi connectivity index (χ3n) is 2.79. The molecular weight excluding hydrogens is 247 g/mol. The van der Waals surface area contributed by atoms with Crippen LogP contribution in [0.4, 0.5) is 4.39 Å². The van der Waals surface area contributed by atoms with Crippen LogP contribution in [-0.2, 0) is 11.3 Å². The van der Waals surface area contributed by atoms with Crippen molar-refractivity contribution in [2.24, 2.45) is 0 Å². The molecule has 0 aliphatic rings. The molecular formula is C14H17FN2O2. The highest BCUT2D eigenvalue weighted by molar-refractivity contribution is 5.60. The Hall–Kier alpha value is -1.72. The van der Waals surface area contributed by atoms with E-state index in [1.807, 2.05) is 13.0 Å². The van der Waals surface area contributed by atoms with E-state index >= 15 is 0 Å². The molecule has 5 heteroatoms. The summed E-state index contributed by atoms with van der Waals surface area (Å²) in [5, 5.41) is 3.16. The first-order valence-corrected chi connectivity index (χ1v) is 6.11. The van der Waals surface area contributed by atoms with Crippen LogP contribution in [0.3, 0.4) is 0 Å². The van der Waals surface area contributed by atoms with Gasteiger partial charge in [0.2, 0.25) is 0 Å². The van der Waals surface area contributed by atoms with Gasteiger partial charge in [-0.3, -0.25) is 0 Å². The average Bonchev–Trinajstić information content (AvgIpc) is 2.83. The summed E-state index contributed by atoms with van der Waals surface area (Å²) in [6.45, 7) is 3.69. The Morgan fingerprint density at radius 2 is 2.26 bits per heavy atom. The molecule has 0 amide bonds. The number of hydrogen-bond donors (Lipinski definition) is 1. The summed E-state index contributed by atoms with van der Waals surface area (Å²) in [6.07, 6.45) is 1.34. The summed E-state index contributed by atoms with van der Waals surface area (Å²) in [6, 6.07) is 5.05. The summed E-state index contributed by atoms with van der Waals surface area (Å²) in [4.78, 5) is 4.12. The number of ether oxygens (including phenoxy) is 1. The molecule has 2 rings (SSSR count). The van der Waals surface area contributed by atoms with E-state index in [-0.39, 0.29) is 5.82 Å². The van der Waals surface area contributed by atoms with Crippen molar-refractivity contribution in [3.8, 4) is 11.3 Å². The highest BCUT2D eigenvalue weighted by atomic mass is 19.1. The van der Waals surface area contributed by atoms with Gasteiger partial charge in [-0.1, -0.05) is 6.07 Å². The first-order chi connectivity index (χ1) is 9.22. The van der Waals surface area contributed by atoms with E-state index in [4.69, 9.17) is 9.15 Å². The zero-order valence-electron chi connectivity index (χ0n) is 11.1. The topological polar surface area (TPSA) is 47.3 Å². The van der Waals surface area contributed by atoms with Gasteiger partial charge in [-0.05, 0) is 24.6 Å². The van der Waals surface area contributed by atoms with Crippen LogP contribution in [0, 0.1) is 12.7 Å². The maximum Gasteiger partial charge on any atom is 0.181 e. The number of rotatable bonds is 6. The van der Waals surface area contributed by atoms with Crippen LogP contribution in [0.25, 0.3) is 11.3 Å². The lowest BCUT2D eigenvalue weighted by Gasteiger charge is -2.05. The van der Waals surface area contributed by atoms with Crippen molar-refractivity contribution in [2.45, 2.75) is 13.5 Å². The lowest BCUT2D eigenvalue weighted by atomic mass is 10.1. The summed E-state index contributed by atoms with van der Waals surface area (Å²) in [7, 11) is 1.64. The molecule has 0 unspecified atom stereocenters. The predicted octanol–water partition coefficient (Wildman–Crippen LogP) is 2.53. The molecule has 1 N–H and O–H groups in total. The van der Waals surface area contributed by atoms with Gasteiger partial charge in [-0.25, -0.2) is 9.37 Å². The van der Waals surface area contributed by atoms with E-state index in [1.54, 1.807) is 13.2 Å². The fourth-order valence-electron chi connectivity index (χ4n) is 1.80. The molecule has 1 heterocycles. The Morgan fingerprint density at radius 1 is 1.42 bits per heavy atom. The molecule has 2 aromatic rings. The van der Waals surface area contributed by atoms with Gasteiger partial charge >= 0.3 is 0 Å². The molecule has 0 saturated carbocycles. The Labute approximate surface area is 111 Å². The van der Waals surface area contributed by atoms with Crippen molar-refractivity contribution in [1.29, 1.82) is 0 Å². The molecule has 0 atom stereocenters. The lowest BCUT2D eigenvalue weighted by Crippen LogP contribution is -2.19. The summed E-state index contributed by atoms with van der Waals surface area (Å²) >= 11 is 0. The van der Waals surface area contributed by atoms with Gasteiger partial charge in [-0.2, -0.15) is 0 Å². The second kappa shape index (κ2) is 6.45. The van der Waals surface area contributed by atoms with Gasteiger partial charge in [0.05, 0.1) is 12.2 Å². The fourth-order valence-corrected chi connectivity index (χ4v) is 1.80. The van der Waals surface area contributed by atoms with E-state index in [9.17, 15) is 4.39 Å². The molecule has 19 heavy (non-hydrogen) atoms. The number of benzene rings is 1. The number of hydrogen-bond acceptors (Lipinski definition) is 4. The Bertz CT molecular complexity index is 540. The lowest BCUT2D eigenvalue weighted by molar-refractivity contribution is 0.199. The molecule has 0 aliphatic heterocycles. The third-order valence-corrected chi connectivity index (χ3v) is 2.79. The van der Waals surface area contributed by atoms with Gasteiger partial charge in [0, 0.05) is 20.2 Å². The number of oxazole rings is 1. The highest BCUT2D eigenvalue weighted by Crippen LogP contribution is 2.26. The second-order valence-corrected chi connectivity index (χ2v) is 4.28. The van der Waals surface area contributed by atoms with E-state index in [0.29, 0.717) is 36.7 Å². The summed E-state index contributed by atoms with van der Waals surface area (Å²) in [5.41, 5.74) is 2.01. The van der Waals surface area contributed by atoms with Gasteiger partial charge < -0.3 is 14.5 Å². The molecule has 0 radical (unpaired) electrons. The molecule has 0 bridgehead atoms. The van der Waals surface area contributed by atoms with E-state index in [0.717, 1.165) is 5.56 Å². The van der Waals surface area contributed by atoms with Crippen LogP contribution in [0.5, 0.6) is 0 Å². The van der Waals surface area contributed by atoms with Gasteiger partial charge in [0.15, 0.2) is 12.2 Å². The van der Waals surface area contributed by atoms with Crippen molar-refractivity contribution in [1.82, 2.24) is 10.3 Å². The molecule has 102 valence electrons. The van der Waals surface area contributed by atoms with Gasteiger partial charge in [0.1, 0.15) is 11.5 Å². The van der Waals surface area contributed by atoms with E-state index in [1.165, 1.54) is 12.5 Å². The number of nitrogens with one attached hydrogen (secondary N) is 1. The maximum atomic E-state index is 13.9. The second-order valence-electron chi connectivity index (χ2n) is 4.28. The van der Waals surface area contributed by atoms with Crippen molar-refractivity contribution >= 4 is 0 Å². The molecule has 1 aromatic heterocycles. The summed E-state index contributed by atoms with van der Waals surface area (Å²) in [5.74, 6) is 0.178. The smallest absolute Gasteiger partial charge is 0.181 e. The molecule has 0 spiro atoms. The SMILES string of the molecule is COCCNCc1ncoc1-c1ccc(C)cc1F. The number of halogens is 1. The number of aryl methyl sites for hydroxylation is 1. The van der Waals surface area contributed by atoms with Crippen LogP contribution in [-0.4, -0.2) is 25.2 Å². The Morgan fingerprint density at radius 3 is 3.00 bits per heavy atom. The zero-order valence-corrected chi connectivity index (χ0v) is 11.1. The van der Waals surface area contributed by atoms with E-state index < -0.39 is 0 Å². The number of methoxy groups -OCH3 is 1. The van der Waals surface area contributed by atoms with E-state index in [2.05, 4.69) is 10.3 Å². The number of aromatic nitrogens is 1. The minimum absolute atomic E-state index is 0.296. The largest absolute Gasteiger partial charge is 0.443 e. The average molecular weight is 264 g/mol. The third kappa shape index (κ3) is 3.39. The Balaban J connectivity index is 2.14. The Kier molecular flexibility index (Phi) is 4.65. The normalized spacial score (nSPS) is 10.9. The molecule has 0 fully saturated rings. The van der Waals surface area contributed by atoms with Crippen molar-refractivity contribution in [3.63, 3.8) is 0 Å². The highest BCUT2D eigenvalue weighted by Gasteiger charge is 2.14. The molecule has 4 nitrogen and oxygen atoms in total. The monoisotopic (exact) mass is 264 g/mol. The predicted molar refractivity (Wildman–Crippen MR) is 70.2 cm³/mol. The maximum absolute atomic E-state index is 13.9. The minimum Gasteiger partial charge on any atom is -0.443 e. The molecule has 1 aromatic carbocycles. The van der Waals surface area contributed by atoms with Crippen LogP contribution in [0.15, 0.2) is 29.0 Å². The van der Waals surface area contributed by atoms with Crippen molar-refractivity contribution in [2.75, 3.05) is 20.3 Å². The van der Waals surface area contributed by atoms with Gasteiger partial charge in [-0.15, -0.1) is 0 Å². The van der Waals surface area contributed by atoms with Crippen LogP contribution < -0.4 is 5.32 Å². The van der Waals surface area contributed by atoms with Crippen molar-refractivity contribution in [3.05, 3.63) is 41.7 Å². The fraction of sp³-hybridized carbons (Fsp3) is 0.357. The van der Waals surface area contributed by atoms with Crippen LogP contribution in [0.1, 0.15) is 11.3 Å². The van der Waals surface area contributed by atoms with Gasteiger partial charge in [0.25, 0.3) is 0 Å². The molecule has 0 saturated heterocycles. The zero-order chi connectivity index (χ0) is 13.7. The standard InChI is InChI=1S/C14H17FN2O2/c1-10-3-4-11(12(15)7-10)14-13(17-9-19-14)8-16-5-6-18-2/h3-4,7,9,16H,5-6,8H2,1-2H3. The quantitative estimate of drug-likeness (QED) is 0.814. The van der Waals surface area contributed by atoms with Crippen molar-refractivity contribution < 1.29 is 13.5 Å². The van der Waals surface area contributed by atoms with Crippen LogP contribution >= 0.6 is 0 Å². The first-order valence-electron chi connectivity index (χ1n) is 6.11. The number of nitrogens with zero attached hydrogens (tertiary/aromatic N) is 1.